The Kier molecular flexibility index (Phi) is 6.41. The van der Waals surface area contributed by atoms with E-state index in [4.69, 9.17) is 4.42 Å². The summed E-state index contributed by atoms with van der Waals surface area (Å²) >= 11 is 1.20. The van der Waals surface area contributed by atoms with Crippen molar-refractivity contribution in [1.82, 2.24) is 19.7 Å². The summed E-state index contributed by atoms with van der Waals surface area (Å²) in [6, 6.07) is 6.11. The Hall–Kier alpha value is -3.86. The molecule has 0 spiro atoms. The van der Waals surface area contributed by atoms with E-state index in [0.717, 1.165) is 38.1 Å². The number of hydrogen-bond donors (Lipinski definition) is 2. The van der Waals surface area contributed by atoms with E-state index >= 15 is 0 Å². The summed E-state index contributed by atoms with van der Waals surface area (Å²) in [5.41, 5.74) is 1.64. The van der Waals surface area contributed by atoms with Crippen LogP contribution in [-0.2, 0) is 24.2 Å². The Labute approximate surface area is 204 Å². The molecule has 9 nitrogen and oxygen atoms in total. The van der Waals surface area contributed by atoms with Gasteiger partial charge in [0.15, 0.2) is 11.0 Å². The van der Waals surface area contributed by atoms with Crippen LogP contribution in [0.15, 0.2) is 40.3 Å². The largest absolute Gasteiger partial charge is 0.469 e. The van der Waals surface area contributed by atoms with Gasteiger partial charge in [-0.2, -0.15) is 0 Å². The van der Waals surface area contributed by atoms with Gasteiger partial charge in [-0.1, -0.05) is 6.42 Å². The molecule has 0 saturated carbocycles. The third-order valence-corrected chi connectivity index (χ3v) is 6.63. The highest BCUT2D eigenvalue weighted by atomic mass is 32.1. The highest BCUT2D eigenvalue weighted by Crippen LogP contribution is 2.27. The number of aryl methyl sites for hydroxylation is 2. The lowest BCUT2D eigenvalue weighted by molar-refractivity contribution is -0.115. The first-order chi connectivity index (χ1) is 17.0. The average molecular weight is 495 g/mol. The van der Waals surface area contributed by atoms with E-state index in [1.807, 2.05) is 0 Å². The molecule has 4 aromatic rings. The van der Waals surface area contributed by atoms with Crippen LogP contribution in [0.3, 0.4) is 0 Å². The number of furan rings is 1. The highest BCUT2D eigenvalue weighted by molar-refractivity contribution is 7.14. The lowest BCUT2D eigenvalue weighted by Gasteiger charge is -2.10. The number of nitrogens with one attached hydrogen (secondary N) is 2. The second-order valence-electron chi connectivity index (χ2n) is 8.31. The maximum absolute atomic E-state index is 14.5. The van der Waals surface area contributed by atoms with Gasteiger partial charge < -0.3 is 14.3 Å². The third-order valence-electron chi connectivity index (χ3n) is 5.83. The Bertz CT molecular complexity index is 1390. The molecule has 4 heterocycles. The molecule has 35 heavy (non-hydrogen) atoms. The van der Waals surface area contributed by atoms with E-state index in [-0.39, 0.29) is 18.0 Å². The van der Waals surface area contributed by atoms with Crippen LogP contribution in [0.4, 0.5) is 15.2 Å². The zero-order chi connectivity index (χ0) is 24.4. The Morgan fingerprint density at radius 3 is 2.89 bits per heavy atom. The molecule has 0 bridgehead atoms. The standard InChI is InChI=1S/C24H23FN6O3S/c1-14-17(8-10-34-14)23(33)28-24-26-16(13-35-24)12-21(32)27-19-11-15(6-7-18(19)25)22-30-29-20-5-3-2-4-9-31(20)22/h6-8,10-11,13H,2-5,9,12H2,1H3,(H,27,32)(H,26,28,33). The summed E-state index contributed by atoms with van der Waals surface area (Å²) in [5, 5.41) is 16.0. The second kappa shape index (κ2) is 9.79. The summed E-state index contributed by atoms with van der Waals surface area (Å²) in [4.78, 5) is 29.2. The lowest BCUT2D eigenvalue weighted by Crippen LogP contribution is -2.16. The fourth-order valence-corrected chi connectivity index (χ4v) is 4.75. The number of rotatable bonds is 6. The van der Waals surface area contributed by atoms with Crippen LogP contribution in [0, 0.1) is 12.7 Å². The highest BCUT2D eigenvalue weighted by Gasteiger charge is 2.19. The van der Waals surface area contributed by atoms with Crippen molar-refractivity contribution >= 4 is 34.0 Å². The number of anilines is 2. The van der Waals surface area contributed by atoms with E-state index in [2.05, 4.69) is 30.4 Å². The number of carbonyl (C=O) groups is 2. The van der Waals surface area contributed by atoms with Crippen LogP contribution >= 0.6 is 11.3 Å². The van der Waals surface area contributed by atoms with Gasteiger partial charge in [-0.25, -0.2) is 9.37 Å². The maximum Gasteiger partial charge on any atom is 0.260 e. The molecule has 1 aliphatic rings. The van der Waals surface area contributed by atoms with Crippen molar-refractivity contribution in [3.05, 3.63) is 64.6 Å². The molecule has 0 aliphatic carbocycles. The molecule has 0 saturated heterocycles. The first-order valence-corrected chi connectivity index (χ1v) is 12.2. The van der Waals surface area contributed by atoms with E-state index < -0.39 is 11.7 Å². The van der Waals surface area contributed by atoms with E-state index in [1.54, 1.807) is 30.5 Å². The minimum atomic E-state index is -0.542. The number of aromatic nitrogens is 4. The van der Waals surface area contributed by atoms with Gasteiger partial charge in [-0.15, -0.1) is 21.5 Å². The number of carbonyl (C=O) groups excluding carboxylic acids is 2. The first kappa shape index (κ1) is 22.9. The summed E-state index contributed by atoms with van der Waals surface area (Å²) < 4.78 is 21.7. The predicted molar refractivity (Wildman–Crippen MR) is 129 cm³/mol. The molecule has 2 N–H and O–H groups in total. The number of amides is 2. The van der Waals surface area contributed by atoms with Crippen LogP contribution in [0.5, 0.6) is 0 Å². The smallest absolute Gasteiger partial charge is 0.260 e. The van der Waals surface area contributed by atoms with Gasteiger partial charge >= 0.3 is 0 Å². The van der Waals surface area contributed by atoms with Gasteiger partial charge in [0.05, 0.1) is 29.6 Å². The van der Waals surface area contributed by atoms with Gasteiger partial charge in [0, 0.05) is 23.9 Å². The molecule has 0 radical (unpaired) electrons. The predicted octanol–water partition coefficient (Wildman–Crippen LogP) is 4.60. The number of fused-ring (bicyclic) bond motifs is 1. The first-order valence-electron chi connectivity index (χ1n) is 11.3. The van der Waals surface area contributed by atoms with Gasteiger partial charge in [0.1, 0.15) is 17.4 Å². The zero-order valence-electron chi connectivity index (χ0n) is 19.0. The Balaban J connectivity index is 1.26. The molecule has 0 atom stereocenters. The molecular formula is C24H23FN6O3S. The van der Waals surface area contributed by atoms with Crippen molar-refractivity contribution in [2.45, 2.75) is 45.6 Å². The van der Waals surface area contributed by atoms with Crippen LogP contribution in [0.1, 0.15) is 46.9 Å². The van der Waals surface area contributed by atoms with Gasteiger partial charge in [0.2, 0.25) is 5.91 Å². The van der Waals surface area contributed by atoms with E-state index in [9.17, 15) is 14.0 Å². The molecule has 3 aromatic heterocycles. The molecule has 1 aromatic carbocycles. The molecular weight excluding hydrogens is 471 g/mol. The Morgan fingerprint density at radius 1 is 1.17 bits per heavy atom. The van der Waals surface area contributed by atoms with Gasteiger partial charge in [-0.05, 0) is 44.0 Å². The minimum Gasteiger partial charge on any atom is -0.469 e. The van der Waals surface area contributed by atoms with Gasteiger partial charge in [-0.3, -0.25) is 14.9 Å². The SMILES string of the molecule is Cc1occc1C(=O)Nc1nc(CC(=O)Nc2cc(-c3nnc4n3CCCCC4)ccc2F)cs1. The number of nitrogens with zero attached hydrogens (tertiary/aromatic N) is 4. The Morgan fingerprint density at radius 2 is 2.06 bits per heavy atom. The topological polar surface area (TPSA) is 115 Å². The zero-order valence-corrected chi connectivity index (χ0v) is 19.8. The van der Waals surface area contributed by atoms with E-state index in [1.165, 1.54) is 23.7 Å². The van der Waals surface area contributed by atoms with Crippen molar-refractivity contribution in [3.8, 4) is 11.4 Å². The van der Waals surface area contributed by atoms with Crippen LogP contribution in [-0.4, -0.2) is 31.6 Å². The minimum absolute atomic E-state index is 0.0673. The molecule has 0 unspecified atom stereocenters. The summed E-state index contributed by atoms with van der Waals surface area (Å²) in [6.45, 7) is 2.51. The summed E-state index contributed by atoms with van der Waals surface area (Å²) in [5.74, 6) is 0.804. The number of benzene rings is 1. The second-order valence-corrected chi connectivity index (χ2v) is 9.17. The van der Waals surface area contributed by atoms with E-state index in [0.29, 0.717) is 33.5 Å². The van der Waals surface area contributed by atoms with Crippen molar-refractivity contribution in [1.29, 1.82) is 0 Å². The number of halogens is 1. The fraction of sp³-hybridized carbons (Fsp3) is 0.292. The van der Waals surface area contributed by atoms with Crippen molar-refractivity contribution in [2.24, 2.45) is 0 Å². The third kappa shape index (κ3) is 4.99. The number of thiazole rings is 1. The van der Waals surface area contributed by atoms with Crippen molar-refractivity contribution in [3.63, 3.8) is 0 Å². The number of hydrogen-bond acceptors (Lipinski definition) is 7. The van der Waals surface area contributed by atoms with Crippen molar-refractivity contribution < 1.29 is 18.4 Å². The molecule has 11 heteroatoms. The fourth-order valence-electron chi connectivity index (χ4n) is 4.05. The normalized spacial score (nSPS) is 13.2. The van der Waals surface area contributed by atoms with Crippen LogP contribution in [0.2, 0.25) is 0 Å². The van der Waals surface area contributed by atoms with Crippen LogP contribution in [0.25, 0.3) is 11.4 Å². The molecule has 180 valence electrons. The summed E-state index contributed by atoms with van der Waals surface area (Å²) in [6.07, 6.45) is 5.50. The summed E-state index contributed by atoms with van der Waals surface area (Å²) in [7, 11) is 0. The molecule has 2 amide bonds. The van der Waals surface area contributed by atoms with Crippen molar-refractivity contribution in [2.75, 3.05) is 10.6 Å². The maximum atomic E-state index is 14.5. The molecule has 0 fully saturated rings. The quantitative estimate of drug-likeness (QED) is 0.405. The molecule has 1 aliphatic heterocycles. The monoisotopic (exact) mass is 494 g/mol. The van der Waals surface area contributed by atoms with Crippen LogP contribution < -0.4 is 10.6 Å². The average Bonchev–Trinajstić information content (AvgIpc) is 3.52. The molecule has 5 rings (SSSR count). The van der Waals surface area contributed by atoms with Gasteiger partial charge in [0.25, 0.3) is 5.91 Å². The lowest BCUT2D eigenvalue weighted by atomic mass is 10.1.